The molecule has 0 aliphatic rings. The smallest absolute Gasteiger partial charge is 0.283 e. The van der Waals surface area contributed by atoms with Crippen molar-refractivity contribution in [2.24, 2.45) is 0 Å². The fourth-order valence-corrected chi connectivity index (χ4v) is 2.64. The minimum absolute atomic E-state index is 0.0622. The minimum Gasteiger partial charge on any atom is -0.371 e. The lowest BCUT2D eigenvalue weighted by atomic mass is 10.2. The van der Waals surface area contributed by atoms with Gasteiger partial charge in [-0.15, -0.1) is 11.3 Å². The first kappa shape index (κ1) is 13.2. The second-order valence-electron chi connectivity index (χ2n) is 3.58. The Balaban J connectivity index is 2.01. The number of benzene rings is 1. The Morgan fingerprint density at radius 2 is 2.11 bits per heavy atom. The van der Waals surface area contributed by atoms with E-state index in [0.29, 0.717) is 17.7 Å². The van der Waals surface area contributed by atoms with Gasteiger partial charge in [-0.2, -0.15) is 0 Å². The summed E-state index contributed by atoms with van der Waals surface area (Å²) >= 11 is 4.87. The van der Waals surface area contributed by atoms with E-state index in [0.717, 1.165) is 10.4 Å². The molecule has 6 heteroatoms. The van der Waals surface area contributed by atoms with E-state index in [2.05, 4.69) is 15.9 Å². The Morgan fingerprint density at radius 1 is 1.28 bits per heavy atom. The van der Waals surface area contributed by atoms with Gasteiger partial charge in [-0.05, 0) is 32.9 Å². The number of nitrogens with zero attached hydrogens (tertiary/aromatic N) is 1. The molecule has 94 valence electrons. The lowest BCUT2D eigenvalue weighted by Gasteiger charge is -2.05. The van der Waals surface area contributed by atoms with E-state index in [-0.39, 0.29) is 5.69 Å². The van der Waals surface area contributed by atoms with Crippen LogP contribution in [0.15, 0.2) is 40.2 Å². The van der Waals surface area contributed by atoms with Gasteiger partial charge in [-0.25, -0.2) is 0 Å². The van der Waals surface area contributed by atoms with E-state index in [1.54, 1.807) is 17.4 Å². The summed E-state index contributed by atoms with van der Waals surface area (Å²) in [6, 6.07) is 8.89. The highest BCUT2D eigenvalue weighted by Crippen LogP contribution is 2.28. The Hall–Kier alpha value is -1.24. The number of hydrogen-bond donors (Lipinski definition) is 0. The van der Waals surface area contributed by atoms with Crippen molar-refractivity contribution in [3.63, 3.8) is 0 Å². The molecule has 2 aromatic rings. The summed E-state index contributed by atoms with van der Waals surface area (Å²) in [7, 11) is 0. The summed E-state index contributed by atoms with van der Waals surface area (Å²) in [6.07, 6.45) is 0. The van der Waals surface area contributed by atoms with Crippen LogP contribution in [-0.2, 0) is 18.0 Å². The second-order valence-corrected chi connectivity index (χ2v) is 5.40. The zero-order chi connectivity index (χ0) is 13.0. The normalized spacial score (nSPS) is 10.5. The molecule has 1 aromatic carbocycles. The maximum atomic E-state index is 10.8. The van der Waals surface area contributed by atoms with Crippen LogP contribution in [0.25, 0.3) is 0 Å². The summed E-state index contributed by atoms with van der Waals surface area (Å²) < 4.78 is 6.02. The highest BCUT2D eigenvalue weighted by atomic mass is 79.9. The molecule has 0 saturated heterocycles. The van der Waals surface area contributed by atoms with Crippen LogP contribution in [0.4, 0.5) is 5.69 Å². The van der Waals surface area contributed by atoms with Gasteiger partial charge in [0.15, 0.2) is 0 Å². The second kappa shape index (κ2) is 6.08. The van der Waals surface area contributed by atoms with Crippen LogP contribution in [0.2, 0.25) is 0 Å². The van der Waals surface area contributed by atoms with E-state index < -0.39 is 4.92 Å². The van der Waals surface area contributed by atoms with Gasteiger partial charge in [0.2, 0.25) is 0 Å². The summed E-state index contributed by atoms with van der Waals surface area (Å²) in [4.78, 5) is 11.5. The molecule has 4 nitrogen and oxygen atoms in total. The summed E-state index contributed by atoms with van der Waals surface area (Å²) in [6.45, 7) is 0.868. The highest BCUT2D eigenvalue weighted by molar-refractivity contribution is 9.10. The predicted molar refractivity (Wildman–Crippen MR) is 73.6 cm³/mol. The van der Waals surface area contributed by atoms with Crippen LogP contribution in [0, 0.1) is 10.1 Å². The predicted octanol–water partition coefficient (Wildman–Crippen LogP) is 4.14. The van der Waals surface area contributed by atoms with Gasteiger partial charge in [-0.1, -0.05) is 18.2 Å². The quantitative estimate of drug-likeness (QED) is 0.612. The van der Waals surface area contributed by atoms with Gasteiger partial charge in [0.05, 0.1) is 18.1 Å². The van der Waals surface area contributed by atoms with Crippen molar-refractivity contribution in [1.82, 2.24) is 0 Å². The largest absolute Gasteiger partial charge is 0.371 e. The van der Waals surface area contributed by atoms with Crippen molar-refractivity contribution in [2.45, 2.75) is 13.2 Å². The van der Waals surface area contributed by atoms with Crippen molar-refractivity contribution >= 4 is 33.0 Å². The molecule has 0 N–H and O–H groups in total. The first-order chi connectivity index (χ1) is 8.68. The molecule has 0 aliphatic carbocycles. The number of rotatable bonds is 5. The van der Waals surface area contributed by atoms with Crippen molar-refractivity contribution in [1.29, 1.82) is 0 Å². The van der Waals surface area contributed by atoms with Gasteiger partial charge >= 0.3 is 0 Å². The maximum Gasteiger partial charge on any atom is 0.283 e. The van der Waals surface area contributed by atoms with Crippen LogP contribution in [-0.4, -0.2) is 4.92 Å². The molecular weight excluding hydrogens is 318 g/mol. The van der Waals surface area contributed by atoms with Gasteiger partial charge in [0.25, 0.3) is 5.69 Å². The Morgan fingerprint density at radius 3 is 2.78 bits per heavy atom. The highest BCUT2D eigenvalue weighted by Gasteiger charge is 2.14. The summed E-state index contributed by atoms with van der Waals surface area (Å²) in [5.41, 5.74) is 0.841. The molecule has 0 unspecified atom stereocenters. The Bertz CT molecular complexity index is 542. The van der Waals surface area contributed by atoms with E-state index >= 15 is 0 Å². The third-order valence-electron chi connectivity index (χ3n) is 2.34. The summed E-state index contributed by atoms with van der Waals surface area (Å²) in [5.74, 6) is 0. The van der Waals surface area contributed by atoms with Crippen molar-refractivity contribution in [3.05, 3.63) is 60.7 Å². The van der Waals surface area contributed by atoms with Crippen molar-refractivity contribution in [3.8, 4) is 0 Å². The standard InChI is InChI=1S/C12H10BrNO3S/c13-12-9(3-1-5-11(12)14(15)16)7-17-8-10-4-2-6-18-10/h1-6H,7-8H2. The molecule has 0 bridgehead atoms. The molecule has 18 heavy (non-hydrogen) atoms. The van der Waals surface area contributed by atoms with Crippen molar-refractivity contribution in [2.75, 3.05) is 0 Å². The number of nitro groups is 1. The molecule has 0 aliphatic heterocycles. The molecule has 0 radical (unpaired) electrons. The fraction of sp³-hybridized carbons (Fsp3) is 0.167. The third-order valence-corrected chi connectivity index (χ3v) is 4.10. The van der Waals surface area contributed by atoms with Gasteiger partial charge in [0.1, 0.15) is 4.47 Å². The van der Waals surface area contributed by atoms with Crippen LogP contribution in [0.5, 0.6) is 0 Å². The molecule has 0 atom stereocenters. The van der Waals surface area contributed by atoms with E-state index in [1.807, 2.05) is 23.6 Å². The molecule has 0 fully saturated rings. The maximum absolute atomic E-state index is 10.8. The van der Waals surface area contributed by atoms with Crippen molar-refractivity contribution < 1.29 is 9.66 Å². The fourth-order valence-electron chi connectivity index (χ4n) is 1.48. The first-order valence-corrected chi connectivity index (χ1v) is 6.87. The van der Waals surface area contributed by atoms with E-state index in [1.165, 1.54) is 6.07 Å². The topological polar surface area (TPSA) is 52.4 Å². The third kappa shape index (κ3) is 3.16. The number of hydrogen-bond acceptors (Lipinski definition) is 4. The van der Waals surface area contributed by atoms with Crippen LogP contribution in [0.3, 0.4) is 0 Å². The first-order valence-electron chi connectivity index (χ1n) is 5.20. The van der Waals surface area contributed by atoms with Gasteiger partial charge in [-0.3, -0.25) is 10.1 Å². The molecule has 0 amide bonds. The van der Waals surface area contributed by atoms with Gasteiger partial charge in [0, 0.05) is 10.9 Å². The summed E-state index contributed by atoms with van der Waals surface area (Å²) in [5, 5.41) is 12.8. The zero-order valence-electron chi connectivity index (χ0n) is 9.34. The molecule has 0 spiro atoms. The number of ether oxygens (including phenoxy) is 1. The monoisotopic (exact) mass is 327 g/mol. The number of thiophene rings is 1. The molecule has 2 rings (SSSR count). The van der Waals surface area contributed by atoms with Crippen LogP contribution in [0.1, 0.15) is 10.4 Å². The molecule has 0 saturated carbocycles. The Labute approximate surface area is 116 Å². The van der Waals surface area contributed by atoms with Crippen LogP contribution < -0.4 is 0 Å². The lowest BCUT2D eigenvalue weighted by Crippen LogP contribution is -1.97. The van der Waals surface area contributed by atoms with E-state index in [4.69, 9.17) is 4.74 Å². The van der Waals surface area contributed by atoms with E-state index in [9.17, 15) is 10.1 Å². The molecular formula is C12H10BrNO3S. The lowest BCUT2D eigenvalue weighted by molar-refractivity contribution is -0.385. The number of nitro benzene ring substituents is 1. The molecule has 1 aromatic heterocycles. The number of halogens is 1. The molecule has 1 heterocycles. The average Bonchev–Trinajstić information content (AvgIpc) is 2.84. The average molecular weight is 328 g/mol. The Kier molecular flexibility index (Phi) is 4.46. The SMILES string of the molecule is O=[N+]([O-])c1cccc(COCc2cccs2)c1Br. The zero-order valence-corrected chi connectivity index (χ0v) is 11.7. The van der Waals surface area contributed by atoms with Crippen LogP contribution >= 0.6 is 27.3 Å². The van der Waals surface area contributed by atoms with Gasteiger partial charge < -0.3 is 4.74 Å². The minimum atomic E-state index is -0.410.